The van der Waals surface area contributed by atoms with Crippen LogP contribution in [0.3, 0.4) is 0 Å². The monoisotopic (exact) mass is 298 g/mol. The predicted octanol–water partition coefficient (Wildman–Crippen LogP) is 3.36. The normalized spacial score (nSPS) is 12.6. The number of hydrogen-bond acceptors (Lipinski definition) is 4. The molecule has 0 bridgehead atoms. The Hall–Kier alpha value is -2.18. The third kappa shape index (κ3) is 5.37. The molecule has 7 heteroatoms. The lowest BCUT2D eigenvalue weighted by molar-refractivity contribution is -0.385. The van der Waals surface area contributed by atoms with E-state index < -0.39 is 28.4 Å². The maximum atomic E-state index is 13.7. The van der Waals surface area contributed by atoms with Crippen molar-refractivity contribution in [2.75, 3.05) is 6.54 Å². The van der Waals surface area contributed by atoms with Crippen molar-refractivity contribution in [3.8, 4) is 0 Å². The van der Waals surface area contributed by atoms with Gasteiger partial charge in [0.25, 0.3) is 5.69 Å². The Kier molecular flexibility index (Phi) is 5.23. The van der Waals surface area contributed by atoms with E-state index in [1.807, 2.05) is 0 Å². The third-order valence-corrected chi connectivity index (χ3v) is 2.67. The molecule has 0 aliphatic rings. The fraction of sp³-hybridized carbons (Fsp3) is 0.500. The van der Waals surface area contributed by atoms with Crippen LogP contribution in [0, 0.1) is 15.9 Å². The van der Waals surface area contributed by atoms with Crippen molar-refractivity contribution in [2.24, 2.45) is 0 Å². The van der Waals surface area contributed by atoms with Gasteiger partial charge in [0.05, 0.1) is 4.92 Å². The highest BCUT2D eigenvalue weighted by Crippen LogP contribution is 2.23. The Morgan fingerprint density at radius 3 is 2.62 bits per heavy atom. The van der Waals surface area contributed by atoms with Gasteiger partial charge in [0.1, 0.15) is 11.4 Å². The van der Waals surface area contributed by atoms with E-state index in [4.69, 9.17) is 4.74 Å². The molecular formula is C14H19FN2O4. The van der Waals surface area contributed by atoms with Crippen LogP contribution in [0.25, 0.3) is 0 Å². The van der Waals surface area contributed by atoms with Crippen molar-refractivity contribution in [1.82, 2.24) is 5.32 Å². The van der Waals surface area contributed by atoms with Crippen molar-refractivity contribution in [2.45, 2.75) is 39.2 Å². The van der Waals surface area contributed by atoms with E-state index in [-0.39, 0.29) is 17.8 Å². The second kappa shape index (κ2) is 6.51. The molecule has 1 unspecified atom stereocenters. The molecule has 1 N–H and O–H groups in total. The van der Waals surface area contributed by atoms with Crippen molar-refractivity contribution in [1.29, 1.82) is 0 Å². The minimum Gasteiger partial charge on any atom is -0.444 e. The van der Waals surface area contributed by atoms with Crippen LogP contribution >= 0.6 is 0 Å². The first kappa shape index (κ1) is 16.9. The van der Waals surface area contributed by atoms with E-state index in [0.717, 1.165) is 12.1 Å². The summed E-state index contributed by atoms with van der Waals surface area (Å²) in [5, 5.41) is 13.2. The van der Waals surface area contributed by atoms with E-state index in [9.17, 15) is 19.3 Å². The van der Waals surface area contributed by atoms with Crippen LogP contribution in [0.2, 0.25) is 0 Å². The van der Waals surface area contributed by atoms with Gasteiger partial charge >= 0.3 is 6.09 Å². The molecule has 21 heavy (non-hydrogen) atoms. The lowest BCUT2D eigenvalue weighted by Gasteiger charge is -2.21. The maximum absolute atomic E-state index is 13.7. The number of non-ortho nitro benzene ring substituents is 1. The summed E-state index contributed by atoms with van der Waals surface area (Å²) in [6.45, 7) is 6.98. The van der Waals surface area contributed by atoms with Gasteiger partial charge in [0.2, 0.25) is 0 Å². The molecule has 1 atom stereocenters. The van der Waals surface area contributed by atoms with Gasteiger partial charge in [-0.3, -0.25) is 10.1 Å². The first-order chi connectivity index (χ1) is 9.60. The predicted molar refractivity (Wildman–Crippen MR) is 75.7 cm³/mol. The zero-order valence-electron chi connectivity index (χ0n) is 12.5. The topological polar surface area (TPSA) is 81.5 Å². The lowest BCUT2D eigenvalue weighted by atomic mass is 10.00. The fourth-order valence-corrected chi connectivity index (χ4v) is 1.68. The SMILES string of the molecule is CC(CNC(=O)OC(C)(C)C)c1cc([N+](=O)[O-])ccc1F. The molecule has 6 nitrogen and oxygen atoms in total. The Morgan fingerprint density at radius 1 is 1.48 bits per heavy atom. The molecule has 0 saturated heterocycles. The summed E-state index contributed by atoms with van der Waals surface area (Å²) in [5.41, 5.74) is -0.625. The van der Waals surface area contributed by atoms with Crippen molar-refractivity contribution in [3.63, 3.8) is 0 Å². The summed E-state index contributed by atoms with van der Waals surface area (Å²) in [6.07, 6.45) is -0.611. The van der Waals surface area contributed by atoms with Gasteiger partial charge in [-0.15, -0.1) is 0 Å². The van der Waals surface area contributed by atoms with Gasteiger partial charge in [-0.05, 0) is 32.4 Å². The van der Waals surface area contributed by atoms with E-state index in [1.165, 1.54) is 6.07 Å². The summed E-state index contributed by atoms with van der Waals surface area (Å²) >= 11 is 0. The number of nitro groups is 1. The van der Waals surface area contributed by atoms with Gasteiger partial charge in [-0.2, -0.15) is 0 Å². The first-order valence-corrected chi connectivity index (χ1v) is 6.51. The highest BCUT2D eigenvalue weighted by Gasteiger charge is 2.19. The number of nitrogens with one attached hydrogen (secondary N) is 1. The summed E-state index contributed by atoms with van der Waals surface area (Å²) in [5.74, 6) is -0.962. The molecule has 0 heterocycles. The molecule has 1 aromatic carbocycles. The Morgan fingerprint density at radius 2 is 2.10 bits per heavy atom. The molecular weight excluding hydrogens is 279 g/mol. The highest BCUT2D eigenvalue weighted by atomic mass is 19.1. The van der Waals surface area contributed by atoms with Crippen molar-refractivity contribution in [3.05, 3.63) is 39.7 Å². The minimum atomic E-state index is -0.621. The molecule has 116 valence electrons. The van der Waals surface area contributed by atoms with E-state index in [2.05, 4.69) is 5.32 Å². The summed E-state index contributed by atoms with van der Waals surface area (Å²) < 4.78 is 18.8. The van der Waals surface area contributed by atoms with Crippen LogP contribution in [0.4, 0.5) is 14.9 Å². The zero-order chi connectivity index (χ0) is 16.2. The zero-order valence-corrected chi connectivity index (χ0v) is 12.5. The van der Waals surface area contributed by atoms with Gasteiger partial charge in [-0.1, -0.05) is 6.92 Å². The summed E-state index contributed by atoms with van der Waals surface area (Å²) in [6, 6.07) is 3.33. The minimum absolute atomic E-state index is 0.118. The van der Waals surface area contributed by atoms with E-state index in [0.29, 0.717) is 0 Å². The molecule has 0 aliphatic carbocycles. The summed E-state index contributed by atoms with van der Waals surface area (Å²) in [4.78, 5) is 21.6. The van der Waals surface area contributed by atoms with Gasteiger partial charge in [-0.25, -0.2) is 9.18 Å². The van der Waals surface area contributed by atoms with Crippen LogP contribution in [0.15, 0.2) is 18.2 Å². The van der Waals surface area contributed by atoms with Gasteiger partial charge in [0, 0.05) is 24.6 Å². The molecule has 1 rings (SSSR count). The number of rotatable bonds is 4. The molecule has 1 amide bonds. The van der Waals surface area contributed by atoms with Crippen LogP contribution < -0.4 is 5.32 Å². The summed E-state index contributed by atoms with van der Waals surface area (Å²) in [7, 11) is 0. The number of benzene rings is 1. The number of nitrogens with zero attached hydrogens (tertiary/aromatic N) is 1. The van der Waals surface area contributed by atoms with Crippen LogP contribution in [0.5, 0.6) is 0 Å². The number of ether oxygens (including phenoxy) is 1. The second-order valence-corrected chi connectivity index (χ2v) is 5.75. The average Bonchev–Trinajstić information content (AvgIpc) is 2.34. The van der Waals surface area contributed by atoms with E-state index in [1.54, 1.807) is 27.7 Å². The number of carbonyl (C=O) groups is 1. The molecule has 0 aliphatic heterocycles. The smallest absolute Gasteiger partial charge is 0.407 e. The van der Waals surface area contributed by atoms with E-state index >= 15 is 0 Å². The maximum Gasteiger partial charge on any atom is 0.407 e. The van der Waals surface area contributed by atoms with Crippen molar-refractivity contribution < 1.29 is 18.8 Å². The average molecular weight is 298 g/mol. The number of amides is 1. The molecule has 0 spiro atoms. The number of carbonyl (C=O) groups excluding carboxylic acids is 1. The second-order valence-electron chi connectivity index (χ2n) is 5.75. The van der Waals surface area contributed by atoms with Crippen LogP contribution in [-0.4, -0.2) is 23.2 Å². The largest absolute Gasteiger partial charge is 0.444 e. The molecule has 0 saturated carbocycles. The molecule has 0 fully saturated rings. The molecule has 0 aromatic heterocycles. The molecule has 0 radical (unpaired) electrons. The Labute approximate surface area is 122 Å². The quantitative estimate of drug-likeness (QED) is 0.682. The number of hydrogen-bond donors (Lipinski definition) is 1. The van der Waals surface area contributed by atoms with Crippen molar-refractivity contribution >= 4 is 11.8 Å². The van der Waals surface area contributed by atoms with Crippen LogP contribution in [-0.2, 0) is 4.74 Å². The fourth-order valence-electron chi connectivity index (χ4n) is 1.68. The van der Waals surface area contributed by atoms with Crippen LogP contribution in [0.1, 0.15) is 39.2 Å². The number of alkyl carbamates (subject to hydrolysis) is 1. The Balaban J connectivity index is 2.72. The lowest BCUT2D eigenvalue weighted by Crippen LogP contribution is -2.34. The van der Waals surface area contributed by atoms with Gasteiger partial charge < -0.3 is 10.1 Å². The Bertz CT molecular complexity index is 540. The van der Waals surface area contributed by atoms with Gasteiger partial charge in [0.15, 0.2) is 0 Å². The first-order valence-electron chi connectivity index (χ1n) is 6.51. The third-order valence-electron chi connectivity index (χ3n) is 2.67. The number of nitro benzene ring substituents is 1. The molecule has 1 aromatic rings. The standard InChI is InChI=1S/C14H19FN2O4/c1-9(8-16-13(18)21-14(2,3)4)11-7-10(17(19)20)5-6-12(11)15/h5-7,9H,8H2,1-4H3,(H,16,18). The number of halogens is 1. The highest BCUT2D eigenvalue weighted by molar-refractivity contribution is 5.67.